The van der Waals surface area contributed by atoms with Gasteiger partial charge in [-0.05, 0) is 79.9 Å². The maximum absolute atomic E-state index is 13.4. The average Bonchev–Trinajstić information content (AvgIpc) is 2.90. The number of aryl methyl sites for hydroxylation is 1. The van der Waals surface area contributed by atoms with E-state index in [0.29, 0.717) is 26.2 Å². The van der Waals surface area contributed by atoms with Crippen LogP contribution >= 0.6 is 11.6 Å². The molecule has 2 aromatic carbocycles. The number of nitrogens with zero attached hydrogens (tertiary/aromatic N) is 4. The molecule has 3 N–H and O–H groups in total. The van der Waals surface area contributed by atoms with E-state index in [0.717, 1.165) is 42.0 Å². The predicted molar refractivity (Wildman–Crippen MR) is 153 cm³/mol. The summed E-state index contributed by atoms with van der Waals surface area (Å²) in [5.74, 6) is -0.0872. The Morgan fingerprint density at radius 3 is 2.51 bits per heavy atom. The van der Waals surface area contributed by atoms with E-state index in [2.05, 4.69) is 14.2 Å². The van der Waals surface area contributed by atoms with Gasteiger partial charge in [0.05, 0.1) is 4.90 Å². The zero-order valence-corrected chi connectivity index (χ0v) is 22.3. The van der Waals surface area contributed by atoms with Crippen LogP contribution in [0.1, 0.15) is 21.8 Å². The molecule has 0 unspecified atom stereocenters. The number of halogens is 1. The van der Waals surface area contributed by atoms with E-state index in [1.807, 2.05) is 30.0 Å². The van der Waals surface area contributed by atoms with Crippen LogP contribution in [0.5, 0.6) is 0 Å². The normalized spacial score (nSPS) is 17.6. The summed E-state index contributed by atoms with van der Waals surface area (Å²) in [6.07, 6.45) is 5.49. The molecule has 0 radical (unpaired) electrons. The van der Waals surface area contributed by atoms with Gasteiger partial charge in [-0.25, -0.2) is 0 Å². The maximum atomic E-state index is 13.4. The number of nitrogens with one attached hydrogen (secondary N) is 1. The van der Waals surface area contributed by atoms with Crippen molar-refractivity contribution in [1.29, 1.82) is 5.41 Å². The van der Waals surface area contributed by atoms with Crippen LogP contribution in [0.2, 0.25) is 5.02 Å². The van der Waals surface area contributed by atoms with Crippen molar-refractivity contribution in [3.63, 3.8) is 0 Å². The SMILES string of the molecule is C[C@H](C(=O)N1CCN(c2ccc(S(=O)(=O)N=C(N)/C=C\C=N)cc2)CC1)N1CCCc2cc(Cl)ccc21.[HH].[HH]. The van der Waals surface area contributed by atoms with Crippen LogP contribution in [-0.4, -0.2) is 70.0 Å². The zero-order valence-electron chi connectivity index (χ0n) is 20.7. The second-order valence-electron chi connectivity index (χ2n) is 9.07. The Balaban J connectivity index is 0.00000267. The van der Waals surface area contributed by atoms with Crippen LogP contribution in [0, 0.1) is 5.41 Å². The first-order valence-electron chi connectivity index (χ1n) is 12.2. The molecule has 0 spiro atoms. The molecule has 2 aromatic rings. The molecule has 2 aliphatic rings. The molecule has 200 valence electrons. The number of amidine groups is 1. The van der Waals surface area contributed by atoms with Gasteiger partial charge in [-0.2, -0.15) is 8.42 Å². The minimum absolute atomic E-state index is 0. The summed E-state index contributed by atoms with van der Waals surface area (Å²) in [5, 5.41) is 7.66. The van der Waals surface area contributed by atoms with E-state index < -0.39 is 10.0 Å². The van der Waals surface area contributed by atoms with Crippen molar-refractivity contribution >= 4 is 51.0 Å². The van der Waals surface area contributed by atoms with Crippen molar-refractivity contribution in [2.45, 2.75) is 30.7 Å². The van der Waals surface area contributed by atoms with E-state index in [1.165, 1.54) is 29.8 Å². The van der Waals surface area contributed by atoms with Gasteiger partial charge in [0, 0.05) is 58.2 Å². The number of rotatable bonds is 7. The number of hydrogen-bond donors (Lipinski definition) is 2. The fourth-order valence-corrected chi connectivity index (χ4v) is 5.90. The molecule has 1 fully saturated rings. The van der Waals surface area contributed by atoms with Gasteiger partial charge < -0.3 is 25.8 Å². The number of benzene rings is 2. The van der Waals surface area contributed by atoms with E-state index in [-0.39, 0.29) is 25.5 Å². The molecular formula is C26H35ClN6O3S. The number of piperazine rings is 1. The van der Waals surface area contributed by atoms with Crippen molar-refractivity contribution < 1.29 is 16.1 Å². The number of nitrogens with two attached hydrogens (primary N) is 1. The molecule has 2 aliphatic heterocycles. The van der Waals surface area contributed by atoms with Gasteiger partial charge in [0.2, 0.25) is 5.91 Å². The molecule has 1 amide bonds. The first-order valence-corrected chi connectivity index (χ1v) is 14.0. The van der Waals surface area contributed by atoms with E-state index in [4.69, 9.17) is 22.7 Å². The fourth-order valence-electron chi connectivity index (χ4n) is 4.78. The maximum Gasteiger partial charge on any atom is 0.284 e. The Bertz CT molecular complexity index is 1330. The lowest BCUT2D eigenvalue weighted by Crippen LogP contribution is -2.55. The molecule has 0 aliphatic carbocycles. The number of hydrogen-bond acceptors (Lipinski definition) is 6. The first kappa shape index (κ1) is 26.7. The van der Waals surface area contributed by atoms with Crippen LogP contribution in [0.4, 0.5) is 11.4 Å². The quantitative estimate of drug-likeness (QED) is 0.404. The Morgan fingerprint density at radius 2 is 1.84 bits per heavy atom. The molecule has 9 nitrogen and oxygen atoms in total. The van der Waals surface area contributed by atoms with Crippen LogP contribution < -0.4 is 15.5 Å². The number of carbonyl (C=O) groups excluding carboxylic acids is 1. The van der Waals surface area contributed by atoms with Crippen molar-refractivity contribution in [3.05, 3.63) is 65.2 Å². The summed E-state index contributed by atoms with van der Waals surface area (Å²) in [5.41, 5.74) is 8.74. The second-order valence-corrected chi connectivity index (χ2v) is 11.1. The Morgan fingerprint density at radius 1 is 1.14 bits per heavy atom. The van der Waals surface area contributed by atoms with Crippen molar-refractivity contribution in [1.82, 2.24) is 4.90 Å². The number of anilines is 2. The largest absolute Gasteiger partial charge is 0.383 e. The molecular weight excluding hydrogens is 512 g/mol. The molecule has 0 aromatic heterocycles. The van der Waals surface area contributed by atoms with Crippen LogP contribution in [-0.2, 0) is 21.2 Å². The number of sulfonamides is 1. The first-order chi connectivity index (χ1) is 17.7. The minimum Gasteiger partial charge on any atom is -0.383 e. The van der Waals surface area contributed by atoms with E-state index in [1.54, 1.807) is 12.1 Å². The molecule has 37 heavy (non-hydrogen) atoms. The molecule has 0 bridgehead atoms. The molecule has 1 saturated heterocycles. The molecule has 0 saturated carbocycles. The van der Waals surface area contributed by atoms with Gasteiger partial charge in [0.15, 0.2) is 0 Å². The number of carbonyl (C=O) groups is 1. The summed E-state index contributed by atoms with van der Waals surface area (Å²) in [7, 11) is -3.95. The standard InChI is InChI=1S/C26H31ClN6O3S.2H2/c1-19(33-13-3-4-20-18-21(27)6-11-24(20)33)26(34)32-16-14-31(15-17-32)22-7-9-23(10-8-22)37(35,36)30-25(29)5-2-12-28;;/h2,5-12,18-19,28H,3-4,13-17H2,1H3,(H2,29,30);2*1H/b5-2-,28-12?;;/t19-;;/m1../s1. The van der Waals surface area contributed by atoms with Gasteiger partial charge in [-0.15, -0.1) is 4.40 Å². The Kier molecular flexibility index (Phi) is 8.19. The smallest absolute Gasteiger partial charge is 0.284 e. The van der Waals surface area contributed by atoms with Gasteiger partial charge in [-0.1, -0.05) is 11.6 Å². The molecule has 2 heterocycles. The number of amides is 1. The lowest BCUT2D eigenvalue weighted by Gasteiger charge is -2.41. The molecule has 1 atom stereocenters. The van der Waals surface area contributed by atoms with Gasteiger partial charge in [-0.3, -0.25) is 4.79 Å². The Labute approximate surface area is 225 Å². The number of fused-ring (bicyclic) bond motifs is 1. The third kappa shape index (κ3) is 6.14. The molecule has 11 heteroatoms. The highest BCUT2D eigenvalue weighted by atomic mass is 35.5. The fraction of sp³-hybridized carbons (Fsp3) is 0.346. The summed E-state index contributed by atoms with van der Waals surface area (Å²) in [4.78, 5) is 19.6. The highest BCUT2D eigenvalue weighted by molar-refractivity contribution is 7.90. The topological polar surface area (TPSA) is 123 Å². The highest BCUT2D eigenvalue weighted by Crippen LogP contribution is 2.31. The van der Waals surface area contributed by atoms with Gasteiger partial charge in [0.25, 0.3) is 10.0 Å². The van der Waals surface area contributed by atoms with E-state index in [9.17, 15) is 13.2 Å². The number of allylic oxidation sites excluding steroid dienone is 1. The van der Waals surface area contributed by atoms with Gasteiger partial charge in [0.1, 0.15) is 11.9 Å². The second kappa shape index (κ2) is 11.4. The minimum atomic E-state index is -3.95. The monoisotopic (exact) mass is 546 g/mol. The Hall–Kier alpha value is -3.37. The van der Waals surface area contributed by atoms with Crippen LogP contribution in [0.15, 0.2) is 63.9 Å². The zero-order chi connectivity index (χ0) is 26.6. The predicted octanol–water partition coefficient (Wildman–Crippen LogP) is 3.57. The van der Waals surface area contributed by atoms with Crippen LogP contribution in [0.3, 0.4) is 0 Å². The third-order valence-electron chi connectivity index (χ3n) is 6.70. The van der Waals surface area contributed by atoms with Gasteiger partial charge >= 0.3 is 0 Å². The average molecular weight is 547 g/mol. The summed E-state index contributed by atoms with van der Waals surface area (Å²) in [6.45, 7) is 5.28. The summed E-state index contributed by atoms with van der Waals surface area (Å²) in [6, 6.07) is 12.1. The lowest BCUT2D eigenvalue weighted by atomic mass is 10.00. The van der Waals surface area contributed by atoms with Crippen molar-refractivity contribution in [3.8, 4) is 0 Å². The van der Waals surface area contributed by atoms with Crippen molar-refractivity contribution in [2.24, 2.45) is 10.1 Å². The lowest BCUT2D eigenvalue weighted by molar-refractivity contribution is -0.132. The van der Waals surface area contributed by atoms with Crippen LogP contribution in [0.25, 0.3) is 0 Å². The molecule has 4 rings (SSSR count). The summed E-state index contributed by atoms with van der Waals surface area (Å²) >= 11 is 6.17. The third-order valence-corrected chi connectivity index (χ3v) is 8.26. The highest BCUT2D eigenvalue weighted by Gasteiger charge is 2.31. The van der Waals surface area contributed by atoms with E-state index >= 15 is 0 Å². The summed E-state index contributed by atoms with van der Waals surface area (Å²) < 4.78 is 28.5. The van der Waals surface area contributed by atoms with Crippen molar-refractivity contribution in [2.75, 3.05) is 42.5 Å².